The molecule has 2 rings (SSSR count). The minimum atomic E-state index is -3.25. The van der Waals surface area contributed by atoms with Gasteiger partial charge in [0.1, 0.15) is 5.25 Å². The predicted molar refractivity (Wildman–Crippen MR) is 43.9 cm³/mol. The van der Waals surface area contributed by atoms with Crippen molar-refractivity contribution >= 4 is 15.9 Å². The molecular weight excluding hydrogens is 196 g/mol. The van der Waals surface area contributed by atoms with Crippen molar-refractivity contribution in [3.8, 4) is 0 Å². The molecule has 2 heterocycles. The summed E-state index contributed by atoms with van der Waals surface area (Å²) in [5.41, 5.74) is 0. The highest BCUT2D eigenvalue weighted by Gasteiger charge is 2.51. The molecule has 0 bridgehead atoms. The van der Waals surface area contributed by atoms with Crippen LogP contribution < -0.4 is 10.6 Å². The number of urea groups is 1. The lowest BCUT2D eigenvalue weighted by atomic mass is 10.1. The average Bonchev–Trinajstić information content (AvgIpc) is 2.39. The fraction of sp³-hybridized carbons (Fsp3) is 0.833. The van der Waals surface area contributed by atoms with Crippen LogP contribution in [0.5, 0.6) is 0 Å². The molecule has 0 aromatic heterocycles. The van der Waals surface area contributed by atoms with Crippen molar-refractivity contribution in [1.29, 1.82) is 0 Å². The van der Waals surface area contributed by atoms with Gasteiger partial charge in [0.2, 0.25) is 0 Å². The molecule has 2 saturated heterocycles. The largest absolute Gasteiger partial charge is 0.395 e. The molecular formula is C6H10N2O4S. The second kappa shape index (κ2) is 2.58. The van der Waals surface area contributed by atoms with E-state index in [9.17, 15) is 13.2 Å². The molecule has 3 atom stereocenters. The Bertz CT molecular complexity index is 339. The number of carbonyl (C=O) groups is 1. The summed E-state index contributed by atoms with van der Waals surface area (Å²) < 4.78 is 22.7. The first-order chi connectivity index (χ1) is 6.04. The predicted octanol–water partition coefficient (Wildman–Crippen LogP) is -2.17. The lowest BCUT2D eigenvalue weighted by Gasteiger charge is -2.12. The second-order valence-corrected chi connectivity index (χ2v) is 5.57. The number of aliphatic hydroxyl groups excluding tert-OH is 1. The summed E-state index contributed by atoms with van der Waals surface area (Å²) in [6.07, 6.45) is 0. The number of rotatable bonds is 1. The maximum atomic E-state index is 11.4. The molecule has 0 saturated carbocycles. The molecule has 0 radical (unpaired) electrons. The van der Waals surface area contributed by atoms with Gasteiger partial charge in [-0.15, -0.1) is 0 Å². The van der Waals surface area contributed by atoms with Gasteiger partial charge in [0.15, 0.2) is 9.84 Å². The Kier molecular flexibility index (Phi) is 1.74. The maximum absolute atomic E-state index is 11.4. The molecule has 0 aliphatic carbocycles. The molecule has 74 valence electrons. The SMILES string of the molecule is O=C1N[C@H]2[C@H](CS(=O)(=O)[C@H]2CO)N1. The Balaban J connectivity index is 2.29. The highest BCUT2D eigenvalue weighted by molar-refractivity contribution is 7.92. The molecule has 0 aromatic rings. The molecule has 2 amide bonds. The zero-order chi connectivity index (χ0) is 9.64. The molecule has 7 heteroatoms. The molecule has 3 N–H and O–H groups in total. The molecule has 6 nitrogen and oxygen atoms in total. The van der Waals surface area contributed by atoms with E-state index in [1.54, 1.807) is 0 Å². The summed E-state index contributed by atoms with van der Waals surface area (Å²) in [7, 11) is -3.25. The van der Waals surface area contributed by atoms with E-state index in [2.05, 4.69) is 10.6 Å². The lowest BCUT2D eigenvalue weighted by Crippen LogP contribution is -2.41. The van der Waals surface area contributed by atoms with Crippen molar-refractivity contribution in [3.63, 3.8) is 0 Å². The quantitative estimate of drug-likeness (QED) is 0.425. The molecule has 0 unspecified atom stereocenters. The average molecular weight is 206 g/mol. The summed E-state index contributed by atoms with van der Waals surface area (Å²) in [6.45, 7) is -0.439. The monoisotopic (exact) mass is 206 g/mol. The van der Waals surface area contributed by atoms with Crippen molar-refractivity contribution in [1.82, 2.24) is 10.6 Å². The van der Waals surface area contributed by atoms with Gasteiger partial charge >= 0.3 is 6.03 Å². The van der Waals surface area contributed by atoms with Gasteiger partial charge in [-0.05, 0) is 0 Å². The summed E-state index contributed by atoms with van der Waals surface area (Å²) in [5.74, 6) is -0.0817. The normalized spacial score (nSPS) is 41.0. The van der Waals surface area contributed by atoms with Crippen LogP contribution in [0.1, 0.15) is 0 Å². The van der Waals surface area contributed by atoms with Crippen molar-refractivity contribution < 1.29 is 18.3 Å². The third-order valence-electron chi connectivity index (χ3n) is 2.50. The van der Waals surface area contributed by atoms with Crippen molar-refractivity contribution in [2.75, 3.05) is 12.4 Å². The fourth-order valence-electron chi connectivity index (χ4n) is 1.87. The first-order valence-electron chi connectivity index (χ1n) is 3.94. The molecule has 0 aromatic carbocycles. The van der Waals surface area contributed by atoms with E-state index >= 15 is 0 Å². The van der Waals surface area contributed by atoms with Gasteiger partial charge in [0, 0.05) is 0 Å². The van der Waals surface area contributed by atoms with Gasteiger partial charge in [0.25, 0.3) is 0 Å². The van der Waals surface area contributed by atoms with Crippen molar-refractivity contribution in [3.05, 3.63) is 0 Å². The van der Waals surface area contributed by atoms with E-state index in [1.165, 1.54) is 0 Å². The van der Waals surface area contributed by atoms with Crippen LogP contribution in [-0.2, 0) is 9.84 Å². The number of amides is 2. The fourth-order valence-corrected chi connectivity index (χ4v) is 3.84. The van der Waals surface area contributed by atoms with Crippen LogP contribution in [-0.4, -0.2) is 49.2 Å². The summed E-state index contributed by atoms with van der Waals surface area (Å²) in [5, 5.41) is 13.0. The second-order valence-electron chi connectivity index (χ2n) is 3.30. The molecule has 13 heavy (non-hydrogen) atoms. The zero-order valence-electron chi connectivity index (χ0n) is 6.73. The Morgan fingerprint density at radius 1 is 1.46 bits per heavy atom. The molecule has 2 aliphatic heterocycles. The number of carbonyl (C=O) groups excluding carboxylic acids is 1. The summed E-state index contributed by atoms with van der Waals surface area (Å²) >= 11 is 0. The minimum absolute atomic E-state index is 0.0817. The van der Waals surface area contributed by atoms with Gasteiger partial charge in [-0.1, -0.05) is 0 Å². The highest BCUT2D eigenvalue weighted by Crippen LogP contribution is 2.23. The van der Waals surface area contributed by atoms with E-state index < -0.39 is 27.7 Å². The van der Waals surface area contributed by atoms with E-state index in [0.29, 0.717) is 0 Å². The van der Waals surface area contributed by atoms with Crippen LogP contribution in [0.15, 0.2) is 0 Å². The van der Waals surface area contributed by atoms with Gasteiger partial charge in [-0.25, -0.2) is 13.2 Å². The van der Waals surface area contributed by atoms with Crippen molar-refractivity contribution in [2.24, 2.45) is 0 Å². The van der Waals surface area contributed by atoms with Gasteiger partial charge in [0.05, 0.1) is 24.4 Å². The number of aliphatic hydroxyl groups is 1. The Morgan fingerprint density at radius 3 is 2.77 bits per heavy atom. The van der Waals surface area contributed by atoms with Crippen LogP contribution in [0.3, 0.4) is 0 Å². The Labute approximate surface area is 75.2 Å². The van der Waals surface area contributed by atoms with Crippen molar-refractivity contribution in [2.45, 2.75) is 17.3 Å². The topological polar surface area (TPSA) is 95.5 Å². The first-order valence-corrected chi connectivity index (χ1v) is 5.65. The Hall–Kier alpha value is -0.820. The standard InChI is InChI=1S/C6H10N2O4S/c9-1-4-5-3(2-13(4,11)12)7-6(10)8-5/h3-5,9H,1-2H2,(H2,7,8,10)/t3-,4-,5-/m0/s1. The first kappa shape index (κ1) is 8.76. The van der Waals surface area contributed by atoms with E-state index in [4.69, 9.17) is 5.11 Å². The Morgan fingerprint density at radius 2 is 2.15 bits per heavy atom. The number of sulfone groups is 1. The number of nitrogens with one attached hydrogen (secondary N) is 2. The van der Waals surface area contributed by atoms with Crippen LogP contribution >= 0.6 is 0 Å². The molecule has 0 spiro atoms. The van der Waals surface area contributed by atoms with Crippen LogP contribution in [0.4, 0.5) is 4.79 Å². The summed E-state index contributed by atoms with van der Waals surface area (Å²) in [6, 6.07) is -1.21. The van der Waals surface area contributed by atoms with Gasteiger partial charge in [-0.2, -0.15) is 0 Å². The van der Waals surface area contributed by atoms with E-state index in [1.807, 2.05) is 0 Å². The van der Waals surface area contributed by atoms with E-state index in [0.717, 1.165) is 0 Å². The van der Waals surface area contributed by atoms with Crippen LogP contribution in [0.25, 0.3) is 0 Å². The third kappa shape index (κ3) is 1.19. The number of hydrogen-bond acceptors (Lipinski definition) is 4. The highest BCUT2D eigenvalue weighted by atomic mass is 32.2. The molecule has 2 fully saturated rings. The summed E-state index contributed by atoms with van der Waals surface area (Å²) in [4.78, 5) is 10.8. The minimum Gasteiger partial charge on any atom is -0.395 e. The third-order valence-corrected chi connectivity index (χ3v) is 4.69. The smallest absolute Gasteiger partial charge is 0.315 e. The number of fused-ring (bicyclic) bond motifs is 1. The molecule has 2 aliphatic rings. The number of hydrogen-bond donors (Lipinski definition) is 3. The zero-order valence-corrected chi connectivity index (χ0v) is 7.54. The van der Waals surface area contributed by atoms with Crippen LogP contribution in [0, 0.1) is 0 Å². The lowest BCUT2D eigenvalue weighted by molar-refractivity contribution is 0.245. The van der Waals surface area contributed by atoms with E-state index in [-0.39, 0.29) is 17.8 Å². The van der Waals surface area contributed by atoms with Crippen LogP contribution in [0.2, 0.25) is 0 Å². The van der Waals surface area contributed by atoms with Gasteiger partial charge in [-0.3, -0.25) is 0 Å². The van der Waals surface area contributed by atoms with Gasteiger partial charge < -0.3 is 15.7 Å². The maximum Gasteiger partial charge on any atom is 0.315 e.